The highest BCUT2D eigenvalue weighted by Gasteiger charge is 2.59. The molecule has 2 aliphatic rings. The lowest BCUT2D eigenvalue weighted by atomic mass is 9.92. The molecule has 3 aromatic rings. The van der Waals surface area contributed by atoms with E-state index in [9.17, 15) is 9.59 Å². The van der Waals surface area contributed by atoms with Crippen molar-refractivity contribution in [2.75, 3.05) is 6.54 Å². The van der Waals surface area contributed by atoms with Crippen molar-refractivity contribution in [3.63, 3.8) is 0 Å². The highest BCUT2D eigenvalue weighted by molar-refractivity contribution is 6.28. The van der Waals surface area contributed by atoms with Gasteiger partial charge in [0.1, 0.15) is 0 Å². The Labute approximate surface area is 169 Å². The molecule has 0 saturated heterocycles. The first-order chi connectivity index (χ1) is 14.2. The van der Waals surface area contributed by atoms with Crippen molar-refractivity contribution >= 4 is 17.3 Å². The Kier molecular flexibility index (Phi) is 4.06. The SMILES string of the molecule is O=C1c2ccccc2C2(OC=C(c3ccccc3)C2=O)N1CCc1ccccc1. The molecule has 142 valence electrons. The molecular formula is C25H19NO3. The van der Waals surface area contributed by atoms with Gasteiger partial charge >= 0.3 is 0 Å². The summed E-state index contributed by atoms with van der Waals surface area (Å²) in [6.07, 6.45) is 2.14. The zero-order chi connectivity index (χ0) is 19.8. The Morgan fingerprint density at radius 2 is 1.45 bits per heavy atom. The molecule has 5 rings (SSSR count). The van der Waals surface area contributed by atoms with Crippen LogP contribution in [0.3, 0.4) is 0 Å². The van der Waals surface area contributed by atoms with Gasteiger partial charge in [-0.25, -0.2) is 0 Å². The van der Waals surface area contributed by atoms with Crippen LogP contribution in [-0.4, -0.2) is 23.1 Å². The number of nitrogens with zero attached hydrogens (tertiary/aromatic N) is 1. The Hall–Kier alpha value is -3.66. The number of fused-ring (bicyclic) bond motifs is 2. The van der Waals surface area contributed by atoms with Gasteiger partial charge < -0.3 is 4.74 Å². The molecule has 0 N–H and O–H groups in total. The second kappa shape index (κ2) is 6.74. The van der Waals surface area contributed by atoms with E-state index in [0.29, 0.717) is 29.7 Å². The molecule has 0 fully saturated rings. The fourth-order valence-corrected chi connectivity index (χ4v) is 4.17. The smallest absolute Gasteiger partial charge is 0.275 e. The average Bonchev–Trinajstić information content (AvgIpc) is 3.24. The van der Waals surface area contributed by atoms with Crippen LogP contribution in [0.5, 0.6) is 0 Å². The molecule has 1 amide bonds. The summed E-state index contributed by atoms with van der Waals surface area (Å²) in [5, 5.41) is 0. The van der Waals surface area contributed by atoms with Gasteiger partial charge in [-0.05, 0) is 23.6 Å². The van der Waals surface area contributed by atoms with Crippen LogP contribution < -0.4 is 0 Å². The van der Waals surface area contributed by atoms with Crippen LogP contribution in [-0.2, 0) is 21.7 Å². The summed E-state index contributed by atoms with van der Waals surface area (Å²) in [4.78, 5) is 28.5. The molecule has 2 aliphatic heterocycles. The molecule has 0 radical (unpaired) electrons. The zero-order valence-electron chi connectivity index (χ0n) is 15.7. The number of carbonyl (C=O) groups excluding carboxylic acids is 2. The largest absolute Gasteiger partial charge is 0.462 e. The summed E-state index contributed by atoms with van der Waals surface area (Å²) in [7, 11) is 0. The Bertz CT molecular complexity index is 1120. The van der Waals surface area contributed by atoms with E-state index in [1.54, 1.807) is 11.0 Å². The van der Waals surface area contributed by atoms with Crippen LogP contribution in [0.4, 0.5) is 0 Å². The molecule has 1 atom stereocenters. The molecule has 29 heavy (non-hydrogen) atoms. The van der Waals surface area contributed by atoms with Crippen molar-refractivity contribution in [2.45, 2.75) is 12.1 Å². The van der Waals surface area contributed by atoms with Gasteiger partial charge in [-0.2, -0.15) is 0 Å². The molecule has 1 unspecified atom stereocenters. The maximum absolute atomic E-state index is 13.7. The molecule has 2 heterocycles. The number of benzene rings is 3. The van der Waals surface area contributed by atoms with Crippen LogP contribution in [0.15, 0.2) is 91.2 Å². The van der Waals surface area contributed by atoms with E-state index in [0.717, 1.165) is 11.1 Å². The third kappa shape index (κ3) is 2.60. The van der Waals surface area contributed by atoms with Gasteiger partial charge in [-0.3, -0.25) is 14.5 Å². The van der Waals surface area contributed by atoms with Gasteiger partial charge in [0, 0.05) is 17.7 Å². The van der Waals surface area contributed by atoms with E-state index >= 15 is 0 Å². The van der Waals surface area contributed by atoms with E-state index in [2.05, 4.69) is 0 Å². The Morgan fingerprint density at radius 1 is 0.793 bits per heavy atom. The van der Waals surface area contributed by atoms with E-state index in [1.807, 2.05) is 78.9 Å². The lowest BCUT2D eigenvalue weighted by Crippen LogP contribution is -2.49. The summed E-state index contributed by atoms with van der Waals surface area (Å²) >= 11 is 0. The van der Waals surface area contributed by atoms with Gasteiger partial charge in [-0.1, -0.05) is 78.9 Å². The highest BCUT2D eigenvalue weighted by atomic mass is 16.5. The number of hydrogen-bond acceptors (Lipinski definition) is 3. The molecule has 4 heteroatoms. The van der Waals surface area contributed by atoms with Crippen molar-refractivity contribution in [3.05, 3.63) is 113 Å². The molecule has 0 aliphatic carbocycles. The van der Waals surface area contributed by atoms with Gasteiger partial charge in [0.2, 0.25) is 5.78 Å². The van der Waals surface area contributed by atoms with E-state index < -0.39 is 5.72 Å². The standard InChI is InChI=1S/C25H19NO3/c27-23-21(19-11-5-2-6-12-19)17-29-25(23)22-14-8-7-13-20(22)24(28)26(25)16-15-18-9-3-1-4-10-18/h1-14,17H,15-16H2. The first-order valence-electron chi connectivity index (χ1n) is 9.65. The van der Waals surface area contributed by atoms with Crippen molar-refractivity contribution < 1.29 is 14.3 Å². The van der Waals surface area contributed by atoms with Gasteiger partial charge in [0.25, 0.3) is 11.6 Å². The first kappa shape index (κ1) is 17.4. The quantitative estimate of drug-likeness (QED) is 0.681. The van der Waals surface area contributed by atoms with Gasteiger partial charge in [0.15, 0.2) is 0 Å². The third-order valence-electron chi connectivity index (χ3n) is 5.60. The summed E-state index contributed by atoms with van der Waals surface area (Å²) in [6.45, 7) is 0.388. The number of ether oxygens (including phenoxy) is 1. The average molecular weight is 381 g/mol. The molecule has 0 bridgehead atoms. The summed E-state index contributed by atoms with van der Waals surface area (Å²) < 4.78 is 6.07. The maximum atomic E-state index is 13.7. The van der Waals surface area contributed by atoms with Gasteiger partial charge in [0.05, 0.1) is 11.8 Å². The van der Waals surface area contributed by atoms with Crippen molar-refractivity contribution in [1.82, 2.24) is 4.90 Å². The van der Waals surface area contributed by atoms with Gasteiger partial charge in [-0.15, -0.1) is 0 Å². The first-order valence-corrected chi connectivity index (χ1v) is 9.65. The zero-order valence-corrected chi connectivity index (χ0v) is 15.7. The van der Waals surface area contributed by atoms with Crippen LogP contribution in [0.2, 0.25) is 0 Å². The maximum Gasteiger partial charge on any atom is 0.275 e. The number of hydrogen-bond donors (Lipinski definition) is 0. The minimum Gasteiger partial charge on any atom is -0.462 e. The number of ketones is 1. The number of Topliss-reactive ketones (excluding diaryl/α,β-unsaturated/α-hetero) is 1. The van der Waals surface area contributed by atoms with Crippen molar-refractivity contribution in [3.8, 4) is 0 Å². The molecule has 0 aromatic heterocycles. The second-order valence-electron chi connectivity index (χ2n) is 7.23. The Balaban J connectivity index is 1.55. The van der Waals surface area contributed by atoms with Crippen LogP contribution in [0.1, 0.15) is 27.0 Å². The second-order valence-corrected chi connectivity index (χ2v) is 7.23. The summed E-state index contributed by atoms with van der Waals surface area (Å²) in [5.41, 5.74) is 2.09. The lowest BCUT2D eigenvalue weighted by molar-refractivity contribution is -0.145. The fourth-order valence-electron chi connectivity index (χ4n) is 4.17. The molecule has 3 aromatic carbocycles. The number of rotatable bonds is 4. The van der Waals surface area contributed by atoms with E-state index in [4.69, 9.17) is 4.74 Å². The van der Waals surface area contributed by atoms with Crippen molar-refractivity contribution in [1.29, 1.82) is 0 Å². The van der Waals surface area contributed by atoms with Crippen LogP contribution in [0.25, 0.3) is 5.57 Å². The number of carbonyl (C=O) groups is 2. The molecule has 0 saturated carbocycles. The van der Waals surface area contributed by atoms with E-state index in [1.165, 1.54) is 6.26 Å². The summed E-state index contributed by atoms with van der Waals surface area (Å²) in [5.74, 6) is -0.373. The van der Waals surface area contributed by atoms with Crippen LogP contribution in [0, 0.1) is 0 Å². The third-order valence-corrected chi connectivity index (χ3v) is 5.60. The molecule has 1 spiro atoms. The molecular weight excluding hydrogens is 362 g/mol. The van der Waals surface area contributed by atoms with E-state index in [-0.39, 0.29) is 11.7 Å². The topological polar surface area (TPSA) is 46.6 Å². The van der Waals surface area contributed by atoms with Crippen molar-refractivity contribution in [2.24, 2.45) is 0 Å². The minimum atomic E-state index is -1.42. The normalized spacial score (nSPS) is 20.0. The highest BCUT2D eigenvalue weighted by Crippen LogP contribution is 2.47. The molecule has 4 nitrogen and oxygen atoms in total. The minimum absolute atomic E-state index is 0.174. The van der Waals surface area contributed by atoms with Crippen LogP contribution >= 0.6 is 0 Å². The monoisotopic (exact) mass is 381 g/mol. The summed E-state index contributed by atoms with van der Waals surface area (Å²) in [6, 6.07) is 26.6. The predicted octanol–water partition coefficient (Wildman–Crippen LogP) is 4.18. The Morgan fingerprint density at radius 3 is 2.21 bits per heavy atom. The predicted molar refractivity (Wildman–Crippen MR) is 110 cm³/mol. The number of amides is 1. The fraction of sp³-hybridized carbons (Fsp3) is 0.120. The lowest BCUT2D eigenvalue weighted by Gasteiger charge is -2.33.